The van der Waals surface area contributed by atoms with E-state index in [9.17, 15) is 19.5 Å². The smallest absolute Gasteiger partial charge is 0.253 e. The fourth-order valence-corrected chi connectivity index (χ4v) is 7.30. The molecule has 43 heavy (non-hydrogen) atoms. The van der Waals surface area contributed by atoms with Gasteiger partial charge in [-0.05, 0) is 50.6 Å². The quantitative estimate of drug-likeness (QED) is 0.480. The minimum absolute atomic E-state index is 0.166. The van der Waals surface area contributed by atoms with Crippen LogP contribution >= 0.6 is 0 Å². The molecule has 0 saturated carbocycles. The largest absolute Gasteiger partial charge is 0.394 e. The van der Waals surface area contributed by atoms with Crippen LogP contribution in [0.15, 0.2) is 78.9 Å². The number of carbonyl (C=O) groups is 3. The van der Waals surface area contributed by atoms with Gasteiger partial charge in [0.25, 0.3) is 5.91 Å². The molecule has 2 aromatic carbocycles. The van der Waals surface area contributed by atoms with Gasteiger partial charge in [0.15, 0.2) is 0 Å². The summed E-state index contributed by atoms with van der Waals surface area (Å²) in [5.74, 6) is -2.47. The molecule has 2 fully saturated rings. The van der Waals surface area contributed by atoms with Gasteiger partial charge < -0.3 is 29.4 Å². The van der Waals surface area contributed by atoms with E-state index in [-0.39, 0.29) is 24.3 Å². The van der Waals surface area contributed by atoms with Gasteiger partial charge in [-0.15, -0.1) is 0 Å². The van der Waals surface area contributed by atoms with Crippen LogP contribution in [-0.4, -0.2) is 89.2 Å². The second kappa shape index (κ2) is 11.6. The number of carbonyl (C=O) groups excluding carboxylic acids is 3. The number of nitrogens with zero attached hydrogens (tertiary/aromatic N) is 4. The summed E-state index contributed by atoms with van der Waals surface area (Å²) in [5, 5.41) is 10.2. The average molecular weight is 585 g/mol. The predicted molar refractivity (Wildman–Crippen MR) is 164 cm³/mol. The van der Waals surface area contributed by atoms with Crippen LogP contribution in [0, 0.1) is 11.8 Å². The van der Waals surface area contributed by atoms with Gasteiger partial charge >= 0.3 is 0 Å². The van der Waals surface area contributed by atoms with Crippen molar-refractivity contribution >= 4 is 29.1 Å². The summed E-state index contributed by atoms with van der Waals surface area (Å²) in [7, 11) is 0. The van der Waals surface area contributed by atoms with Crippen molar-refractivity contribution in [3.05, 3.63) is 84.5 Å². The molecular weight excluding hydrogens is 544 g/mol. The first-order valence-electron chi connectivity index (χ1n) is 15.3. The molecule has 4 aliphatic heterocycles. The van der Waals surface area contributed by atoms with E-state index < -0.39 is 35.6 Å². The number of ether oxygens (including phenoxy) is 1. The molecule has 9 heteroatoms. The number of fused-ring (bicyclic) bond motifs is 2. The Bertz CT molecular complexity index is 1420. The zero-order valence-corrected chi connectivity index (χ0v) is 25.0. The lowest BCUT2D eigenvalue weighted by molar-refractivity contribution is -0.146. The van der Waals surface area contributed by atoms with Crippen LogP contribution in [0.5, 0.6) is 0 Å². The fraction of sp³-hybridized carbons (Fsp3) is 0.441. The van der Waals surface area contributed by atoms with E-state index in [0.29, 0.717) is 25.3 Å². The summed E-state index contributed by atoms with van der Waals surface area (Å²) in [6, 6.07) is 16.0. The van der Waals surface area contributed by atoms with Gasteiger partial charge in [-0.3, -0.25) is 14.4 Å². The third-order valence-corrected chi connectivity index (χ3v) is 9.43. The Morgan fingerprint density at radius 1 is 0.953 bits per heavy atom. The van der Waals surface area contributed by atoms with E-state index in [1.807, 2.05) is 78.9 Å². The predicted octanol–water partition coefficient (Wildman–Crippen LogP) is 3.00. The number of hydrogen-bond acceptors (Lipinski definition) is 6. The van der Waals surface area contributed by atoms with Crippen molar-refractivity contribution in [1.82, 2.24) is 9.80 Å². The number of aliphatic hydroxyl groups excluding tert-OH is 1. The number of likely N-dealkylation sites (tertiary alicyclic amines) is 1. The first kappa shape index (κ1) is 29.1. The molecule has 0 radical (unpaired) electrons. The Hall–Kier alpha value is -3.95. The molecule has 226 valence electrons. The van der Waals surface area contributed by atoms with Crippen molar-refractivity contribution in [3.8, 4) is 0 Å². The lowest BCUT2D eigenvalue weighted by Gasteiger charge is -2.37. The maximum absolute atomic E-state index is 14.5. The highest BCUT2D eigenvalue weighted by atomic mass is 16.5. The Morgan fingerprint density at radius 2 is 1.67 bits per heavy atom. The molecule has 1 spiro atoms. The molecule has 3 amide bonds. The van der Waals surface area contributed by atoms with Gasteiger partial charge in [-0.25, -0.2) is 0 Å². The van der Waals surface area contributed by atoms with Gasteiger partial charge in [0.2, 0.25) is 11.8 Å². The van der Waals surface area contributed by atoms with Crippen LogP contribution in [0.2, 0.25) is 0 Å². The normalized spacial score (nSPS) is 28.8. The van der Waals surface area contributed by atoms with E-state index in [0.717, 1.165) is 24.3 Å². The van der Waals surface area contributed by atoms with Crippen molar-refractivity contribution in [2.45, 2.75) is 51.1 Å². The van der Waals surface area contributed by atoms with Gasteiger partial charge in [0.05, 0.1) is 30.6 Å². The SMILES string of the molecule is CCN(CC)c1ccc(N2CC=C[C@]34O[C@@H]5C=CCN(Cc6ccccc6)C(=O)[C@@H]5[C@H]3C(=O)N([C@H](C)CO)C4C2=O)cc1. The van der Waals surface area contributed by atoms with Crippen LogP contribution in [0.4, 0.5) is 11.4 Å². The standard InChI is InChI=1S/C34H40N4O5/c1-4-35(5-2)25-14-16-26(17-15-25)37-20-10-18-34-29(32(41)38(23(3)22-39)30(34)33(37)42)28-27(43-34)13-9-19-36(31(28)40)21-24-11-7-6-8-12-24/h6-18,23,27-30,39H,4-5,19-22H2,1-3H3/t23-,27-,28+,29+,30?,34+/m1/s1. The fourth-order valence-electron chi connectivity index (χ4n) is 7.30. The first-order chi connectivity index (χ1) is 20.8. The van der Waals surface area contributed by atoms with Crippen molar-refractivity contribution in [2.75, 3.05) is 42.6 Å². The molecule has 1 N–H and O–H groups in total. The van der Waals surface area contributed by atoms with E-state index in [2.05, 4.69) is 18.7 Å². The Morgan fingerprint density at radius 3 is 2.35 bits per heavy atom. The molecule has 4 aliphatic rings. The molecule has 6 rings (SSSR count). The zero-order valence-electron chi connectivity index (χ0n) is 25.0. The molecule has 0 aliphatic carbocycles. The maximum Gasteiger partial charge on any atom is 0.253 e. The number of anilines is 2. The third kappa shape index (κ3) is 4.75. The van der Waals surface area contributed by atoms with Crippen LogP contribution in [0.1, 0.15) is 26.3 Å². The highest BCUT2D eigenvalue weighted by Crippen LogP contribution is 2.54. The molecule has 9 nitrogen and oxygen atoms in total. The number of rotatable bonds is 8. The highest BCUT2D eigenvalue weighted by Gasteiger charge is 2.72. The van der Waals surface area contributed by atoms with Crippen molar-refractivity contribution in [3.63, 3.8) is 0 Å². The summed E-state index contributed by atoms with van der Waals surface area (Å²) in [6.07, 6.45) is 6.86. The monoisotopic (exact) mass is 584 g/mol. The van der Waals surface area contributed by atoms with Crippen molar-refractivity contribution in [2.24, 2.45) is 11.8 Å². The summed E-state index contributed by atoms with van der Waals surface area (Å²) in [6.45, 7) is 8.48. The van der Waals surface area contributed by atoms with Crippen molar-refractivity contribution < 1.29 is 24.2 Å². The second-order valence-corrected chi connectivity index (χ2v) is 11.8. The lowest BCUT2D eigenvalue weighted by Crippen LogP contribution is -2.57. The summed E-state index contributed by atoms with van der Waals surface area (Å²) in [5.41, 5.74) is 1.44. The molecule has 2 aromatic rings. The summed E-state index contributed by atoms with van der Waals surface area (Å²) >= 11 is 0. The average Bonchev–Trinajstić information content (AvgIpc) is 3.36. The van der Waals surface area contributed by atoms with Gasteiger partial charge in [-0.1, -0.05) is 54.6 Å². The van der Waals surface area contributed by atoms with E-state index >= 15 is 0 Å². The van der Waals surface area contributed by atoms with Crippen LogP contribution in [0.3, 0.4) is 0 Å². The van der Waals surface area contributed by atoms with E-state index in [4.69, 9.17) is 4.74 Å². The molecular formula is C34H40N4O5. The topological polar surface area (TPSA) is 93.6 Å². The minimum atomic E-state index is -1.33. The van der Waals surface area contributed by atoms with Gasteiger partial charge in [0, 0.05) is 44.1 Å². The van der Waals surface area contributed by atoms with Gasteiger partial charge in [0.1, 0.15) is 11.6 Å². The number of aliphatic hydroxyl groups is 1. The molecule has 0 aromatic heterocycles. The van der Waals surface area contributed by atoms with E-state index in [1.165, 1.54) is 4.90 Å². The second-order valence-electron chi connectivity index (χ2n) is 11.8. The van der Waals surface area contributed by atoms with Gasteiger partial charge in [-0.2, -0.15) is 0 Å². The maximum atomic E-state index is 14.5. The third-order valence-electron chi connectivity index (χ3n) is 9.43. The Kier molecular flexibility index (Phi) is 7.87. The number of benzene rings is 2. The summed E-state index contributed by atoms with van der Waals surface area (Å²) < 4.78 is 6.72. The minimum Gasteiger partial charge on any atom is -0.394 e. The highest BCUT2D eigenvalue weighted by molar-refractivity contribution is 6.06. The van der Waals surface area contributed by atoms with Crippen LogP contribution < -0.4 is 9.80 Å². The number of hydrogen-bond donors (Lipinski definition) is 1. The lowest BCUT2D eigenvalue weighted by atomic mass is 9.77. The molecule has 4 heterocycles. The van der Waals surface area contributed by atoms with Crippen molar-refractivity contribution in [1.29, 1.82) is 0 Å². The van der Waals surface area contributed by atoms with E-state index in [1.54, 1.807) is 16.7 Å². The Labute approximate surface area is 253 Å². The molecule has 1 unspecified atom stereocenters. The van der Waals surface area contributed by atoms with Crippen LogP contribution in [0.25, 0.3) is 0 Å². The molecule has 2 saturated heterocycles. The molecule has 6 atom stereocenters. The first-order valence-corrected chi connectivity index (χ1v) is 15.3. The molecule has 0 bridgehead atoms. The Balaban J connectivity index is 1.37. The van der Waals surface area contributed by atoms with Crippen LogP contribution in [-0.2, 0) is 25.7 Å². The zero-order chi connectivity index (χ0) is 30.3. The number of amides is 3. The summed E-state index contributed by atoms with van der Waals surface area (Å²) in [4.78, 5) is 50.2.